The highest BCUT2D eigenvalue weighted by atomic mass is 15.3. The number of hydrogen-bond donors (Lipinski definition) is 1. The van der Waals surface area contributed by atoms with E-state index in [1.165, 1.54) is 18.5 Å². The molecule has 0 spiro atoms. The van der Waals surface area contributed by atoms with E-state index in [0.29, 0.717) is 6.04 Å². The van der Waals surface area contributed by atoms with E-state index in [1.54, 1.807) is 0 Å². The Bertz CT molecular complexity index is 369. The fourth-order valence-electron chi connectivity index (χ4n) is 2.89. The summed E-state index contributed by atoms with van der Waals surface area (Å²) in [5.74, 6) is 0. The molecule has 1 saturated carbocycles. The zero-order chi connectivity index (χ0) is 11.1. The zero-order valence-corrected chi connectivity index (χ0v) is 9.84. The van der Waals surface area contributed by atoms with Crippen molar-refractivity contribution in [2.75, 3.05) is 6.54 Å². The summed E-state index contributed by atoms with van der Waals surface area (Å²) in [7, 11) is 0. The molecule has 4 heteroatoms. The number of likely N-dealkylation sites (tertiary alicyclic amines) is 1. The number of nitrogens with two attached hydrogens (primary N) is 1. The first-order valence-corrected chi connectivity index (χ1v) is 6.32. The fourth-order valence-corrected chi connectivity index (χ4v) is 2.89. The second-order valence-corrected chi connectivity index (χ2v) is 4.97. The molecule has 2 atom stereocenters. The lowest BCUT2D eigenvalue weighted by molar-refractivity contribution is 0.228. The fraction of sp³-hybridized carbons (Fsp3) is 0.750. The van der Waals surface area contributed by atoms with Crippen LogP contribution in [0.3, 0.4) is 0 Å². The van der Waals surface area contributed by atoms with E-state index in [-0.39, 0.29) is 6.04 Å². The summed E-state index contributed by atoms with van der Waals surface area (Å²) in [6, 6.07) is 1.47. The average Bonchev–Trinajstić information content (AvgIpc) is 2.90. The Morgan fingerprint density at radius 3 is 2.94 bits per heavy atom. The molecule has 1 aromatic rings. The van der Waals surface area contributed by atoms with Gasteiger partial charge in [-0.3, -0.25) is 4.90 Å². The predicted molar refractivity (Wildman–Crippen MR) is 63.0 cm³/mol. The molecule has 1 saturated heterocycles. The Morgan fingerprint density at radius 1 is 1.44 bits per heavy atom. The summed E-state index contributed by atoms with van der Waals surface area (Å²) in [4.78, 5) is 6.86. The minimum absolute atomic E-state index is 0.280. The van der Waals surface area contributed by atoms with Crippen LogP contribution in [0.1, 0.15) is 37.9 Å². The van der Waals surface area contributed by atoms with E-state index in [1.807, 2.05) is 12.5 Å². The predicted octanol–water partition coefficient (Wildman–Crippen LogP) is 1.14. The smallest absolute Gasteiger partial charge is 0.0948 e. The minimum atomic E-state index is 0.280. The van der Waals surface area contributed by atoms with Gasteiger partial charge in [0.1, 0.15) is 0 Å². The highest BCUT2D eigenvalue weighted by molar-refractivity contribution is 5.13. The van der Waals surface area contributed by atoms with E-state index in [9.17, 15) is 0 Å². The Morgan fingerprint density at radius 2 is 2.25 bits per heavy atom. The summed E-state index contributed by atoms with van der Waals surface area (Å²) in [5.41, 5.74) is 7.57. The van der Waals surface area contributed by atoms with Crippen molar-refractivity contribution in [3.05, 3.63) is 18.2 Å². The van der Waals surface area contributed by atoms with Gasteiger partial charge in [0.15, 0.2) is 0 Å². The van der Waals surface area contributed by atoms with E-state index in [2.05, 4.69) is 21.4 Å². The molecule has 88 valence electrons. The third-order valence-electron chi connectivity index (χ3n) is 3.89. The second-order valence-electron chi connectivity index (χ2n) is 4.97. The Balaban J connectivity index is 1.90. The van der Waals surface area contributed by atoms with Gasteiger partial charge in [-0.2, -0.15) is 0 Å². The number of hydrogen-bond acceptors (Lipinski definition) is 3. The largest absolute Gasteiger partial charge is 0.333 e. The Hall–Kier alpha value is -0.870. The van der Waals surface area contributed by atoms with Gasteiger partial charge < -0.3 is 10.3 Å². The third kappa shape index (κ3) is 1.57. The molecule has 0 radical (unpaired) electrons. The molecule has 3 rings (SSSR count). The summed E-state index contributed by atoms with van der Waals surface area (Å²) in [6.45, 7) is 4.30. The number of rotatable bonds is 3. The maximum Gasteiger partial charge on any atom is 0.0948 e. The van der Waals surface area contributed by atoms with Crippen LogP contribution in [-0.4, -0.2) is 33.1 Å². The van der Waals surface area contributed by atoms with E-state index in [0.717, 1.165) is 25.6 Å². The number of aromatic nitrogens is 2. The van der Waals surface area contributed by atoms with Gasteiger partial charge in [0.2, 0.25) is 0 Å². The van der Waals surface area contributed by atoms with Crippen molar-refractivity contribution in [1.82, 2.24) is 14.5 Å². The maximum absolute atomic E-state index is 6.27. The summed E-state index contributed by atoms with van der Waals surface area (Å²) >= 11 is 0. The van der Waals surface area contributed by atoms with Gasteiger partial charge in [-0.05, 0) is 26.2 Å². The van der Waals surface area contributed by atoms with Gasteiger partial charge in [0.25, 0.3) is 0 Å². The number of aryl methyl sites for hydroxylation is 1. The first-order chi connectivity index (χ1) is 7.81. The van der Waals surface area contributed by atoms with Gasteiger partial charge in [-0.1, -0.05) is 0 Å². The summed E-state index contributed by atoms with van der Waals surface area (Å²) < 4.78 is 2.23. The van der Waals surface area contributed by atoms with Crippen LogP contribution >= 0.6 is 0 Å². The standard InChI is InChI=1S/C12H20N4/c1-2-15-8-14-7-11(15)12-10(13)5-6-16(12)9-3-4-9/h7-10,12H,2-6,13H2,1H3. The quantitative estimate of drug-likeness (QED) is 0.831. The van der Waals surface area contributed by atoms with E-state index < -0.39 is 0 Å². The molecule has 2 unspecified atom stereocenters. The van der Waals surface area contributed by atoms with E-state index in [4.69, 9.17) is 5.73 Å². The molecule has 2 heterocycles. The molecular formula is C12H20N4. The van der Waals surface area contributed by atoms with Crippen molar-refractivity contribution in [2.45, 2.75) is 50.9 Å². The van der Waals surface area contributed by atoms with Crippen LogP contribution in [0.25, 0.3) is 0 Å². The van der Waals surface area contributed by atoms with Gasteiger partial charge in [0.05, 0.1) is 18.1 Å². The van der Waals surface area contributed by atoms with Crippen LogP contribution in [-0.2, 0) is 6.54 Å². The Labute approximate surface area is 96.4 Å². The molecule has 2 N–H and O–H groups in total. The highest BCUT2D eigenvalue weighted by Gasteiger charge is 2.42. The second kappa shape index (κ2) is 3.86. The lowest BCUT2D eigenvalue weighted by Crippen LogP contribution is -2.34. The monoisotopic (exact) mass is 220 g/mol. The van der Waals surface area contributed by atoms with Gasteiger partial charge in [-0.25, -0.2) is 4.98 Å². The molecule has 0 bridgehead atoms. The molecule has 2 aliphatic rings. The molecule has 0 aromatic carbocycles. The van der Waals surface area contributed by atoms with Crippen LogP contribution < -0.4 is 5.73 Å². The minimum Gasteiger partial charge on any atom is -0.333 e. The van der Waals surface area contributed by atoms with Crippen molar-refractivity contribution in [1.29, 1.82) is 0 Å². The first-order valence-electron chi connectivity index (χ1n) is 6.32. The van der Waals surface area contributed by atoms with Crippen LogP contribution in [0.4, 0.5) is 0 Å². The Kier molecular flexibility index (Phi) is 2.48. The molecule has 2 fully saturated rings. The summed E-state index contributed by atoms with van der Waals surface area (Å²) in [5, 5.41) is 0. The molecule has 1 aliphatic heterocycles. The molecule has 16 heavy (non-hydrogen) atoms. The lowest BCUT2D eigenvalue weighted by atomic mass is 10.1. The molecule has 1 aromatic heterocycles. The van der Waals surface area contributed by atoms with Crippen LogP contribution in [0.15, 0.2) is 12.5 Å². The van der Waals surface area contributed by atoms with Gasteiger partial charge in [0, 0.05) is 31.4 Å². The van der Waals surface area contributed by atoms with Gasteiger partial charge in [-0.15, -0.1) is 0 Å². The van der Waals surface area contributed by atoms with Crippen LogP contribution in [0, 0.1) is 0 Å². The normalized spacial score (nSPS) is 31.1. The third-order valence-corrected chi connectivity index (χ3v) is 3.89. The van der Waals surface area contributed by atoms with Crippen LogP contribution in [0.2, 0.25) is 0 Å². The van der Waals surface area contributed by atoms with Crippen molar-refractivity contribution in [3.63, 3.8) is 0 Å². The number of nitrogens with zero attached hydrogens (tertiary/aromatic N) is 3. The SMILES string of the molecule is CCn1cncc1C1C(N)CCN1C1CC1. The average molecular weight is 220 g/mol. The topological polar surface area (TPSA) is 47.1 Å². The lowest BCUT2D eigenvalue weighted by Gasteiger charge is -2.27. The highest BCUT2D eigenvalue weighted by Crippen LogP contribution is 2.40. The molecular weight excluding hydrogens is 200 g/mol. The maximum atomic E-state index is 6.27. The van der Waals surface area contributed by atoms with Crippen molar-refractivity contribution >= 4 is 0 Å². The van der Waals surface area contributed by atoms with E-state index >= 15 is 0 Å². The van der Waals surface area contributed by atoms with Crippen LogP contribution in [0.5, 0.6) is 0 Å². The van der Waals surface area contributed by atoms with Crippen molar-refractivity contribution in [3.8, 4) is 0 Å². The number of imidazole rings is 1. The zero-order valence-electron chi connectivity index (χ0n) is 9.84. The molecule has 4 nitrogen and oxygen atoms in total. The van der Waals surface area contributed by atoms with Crippen molar-refractivity contribution < 1.29 is 0 Å². The molecule has 1 aliphatic carbocycles. The summed E-state index contributed by atoms with van der Waals surface area (Å²) in [6.07, 6.45) is 7.74. The van der Waals surface area contributed by atoms with Gasteiger partial charge >= 0.3 is 0 Å². The first kappa shape index (κ1) is 10.3. The van der Waals surface area contributed by atoms with Crippen molar-refractivity contribution in [2.24, 2.45) is 5.73 Å². The molecule has 0 amide bonds.